The predicted octanol–water partition coefficient (Wildman–Crippen LogP) is 10.3. The first-order valence-electron chi connectivity index (χ1n) is 19.5. The van der Waals surface area contributed by atoms with E-state index in [1.54, 1.807) is 0 Å². The summed E-state index contributed by atoms with van der Waals surface area (Å²) in [6, 6.07) is 52.9. The Morgan fingerprint density at radius 2 is 1.32 bits per heavy atom. The van der Waals surface area contributed by atoms with E-state index in [4.69, 9.17) is 21.5 Å². The van der Waals surface area contributed by atoms with Gasteiger partial charge < -0.3 is 0 Å². The van der Waals surface area contributed by atoms with Gasteiger partial charge in [0.1, 0.15) is 0 Å². The van der Waals surface area contributed by atoms with Gasteiger partial charge in [-0.05, 0) is 73.2 Å². The van der Waals surface area contributed by atoms with Gasteiger partial charge in [-0.15, -0.1) is 0 Å². The second kappa shape index (κ2) is 13.3. The van der Waals surface area contributed by atoms with Crippen molar-refractivity contribution in [1.82, 2.24) is 15.0 Å². The van der Waals surface area contributed by atoms with Crippen molar-refractivity contribution in [1.29, 1.82) is 5.26 Å². The molecule has 0 bridgehead atoms. The molecule has 8 aromatic rings. The zero-order valence-corrected chi connectivity index (χ0v) is 32.0. The van der Waals surface area contributed by atoms with E-state index in [-0.39, 0.29) is 5.41 Å². The summed E-state index contributed by atoms with van der Waals surface area (Å²) in [4.78, 5) is 15.2. The van der Waals surface area contributed by atoms with Crippen LogP contribution in [0.3, 0.4) is 0 Å². The van der Waals surface area contributed by atoms with Crippen LogP contribution in [0.2, 0.25) is 0 Å². The molecule has 0 aliphatic carbocycles. The Labute approximate surface area is 332 Å². The molecule has 0 fully saturated rings. The Morgan fingerprint density at radius 3 is 2.04 bits per heavy atom. The summed E-state index contributed by atoms with van der Waals surface area (Å²) in [6.45, 7) is 9.64. The van der Waals surface area contributed by atoms with Crippen LogP contribution in [-0.4, -0.2) is 15.0 Å². The number of aromatic nitrogens is 5. The normalized spacial score (nSPS) is 18.3. The maximum atomic E-state index is 9.93. The molecule has 0 N–H and O–H groups in total. The van der Waals surface area contributed by atoms with Crippen LogP contribution in [0.1, 0.15) is 43.4 Å². The van der Waals surface area contributed by atoms with Crippen LogP contribution >= 0.6 is 0 Å². The lowest BCUT2D eigenvalue weighted by Crippen LogP contribution is -2.68. The molecule has 5 aromatic carbocycles. The molecule has 0 amide bonds. The van der Waals surface area contributed by atoms with E-state index in [0.717, 1.165) is 46.5 Å². The Hall–Kier alpha value is -7.10. The van der Waals surface area contributed by atoms with Crippen LogP contribution in [0.5, 0.6) is 0 Å². The first kappa shape index (κ1) is 34.4. The zero-order chi connectivity index (χ0) is 38.7. The highest BCUT2D eigenvalue weighted by Crippen LogP contribution is 2.53. The SMILES string of the molecule is C=C1CC2(C)[n+]3ccc4ccccc4c3-c3cc(-c4nc(-c5ccccc5)nc(-c5ccccc5)n4)ccc3C2(C)CCc2ccc(C#N)cc2-c2cccc[n+]21. The number of allylic oxidation sites excluding steroid dienone is 1. The Balaban J connectivity index is 1.22. The lowest BCUT2D eigenvalue weighted by atomic mass is 9.58. The largest absolute Gasteiger partial charge is 0.221 e. The molecule has 0 spiro atoms. The highest BCUT2D eigenvalue weighted by molar-refractivity contribution is 5.95. The van der Waals surface area contributed by atoms with Crippen LogP contribution < -0.4 is 9.13 Å². The first-order chi connectivity index (χ1) is 27.8. The van der Waals surface area contributed by atoms with Crippen molar-refractivity contribution in [3.8, 4) is 62.7 Å². The van der Waals surface area contributed by atoms with Gasteiger partial charge in [0.05, 0.1) is 40.0 Å². The monoisotopic (exact) mass is 736 g/mol. The van der Waals surface area contributed by atoms with Crippen molar-refractivity contribution >= 4 is 16.5 Å². The van der Waals surface area contributed by atoms with Gasteiger partial charge in [0.2, 0.25) is 11.4 Å². The minimum Gasteiger partial charge on any atom is -0.208 e. The van der Waals surface area contributed by atoms with Gasteiger partial charge in [0.15, 0.2) is 41.1 Å². The molecule has 0 saturated heterocycles. The lowest BCUT2D eigenvalue weighted by molar-refractivity contribution is -0.765. The number of benzene rings is 5. The molecular weight excluding hydrogens is 697 g/mol. The highest BCUT2D eigenvalue weighted by Gasteiger charge is 2.59. The molecule has 6 nitrogen and oxygen atoms in total. The molecule has 0 radical (unpaired) electrons. The number of hydrogen-bond donors (Lipinski definition) is 0. The maximum absolute atomic E-state index is 9.93. The van der Waals surface area contributed by atoms with Gasteiger partial charge in [-0.3, -0.25) is 0 Å². The van der Waals surface area contributed by atoms with Gasteiger partial charge in [0.25, 0.3) is 0 Å². The van der Waals surface area contributed by atoms with Gasteiger partial charge >= 0.3 is 0 Å². The van der Waals surface area contributed by atoms with E-state index >= 15 is 0 Å². The van der Waals surface area contributed by atoms with E-state index in [2.05, 4.69) is 114 Å². The molecule has 2 aliphatic heterocycles. The standard InChI is InChI=1S/C51H40N6/c1-34-32-51(3)50(2,27-25-37-22-21-35(33-52)30-42(37)45-20-12-13-28-56(34)45)44-24-23-40(31-43(44)46-41-19-11-10-14-36(41)26-29-57(46)51)49-54-47(38-15-6-4-7-16-38)53-48(55-49)39-17-8-5-9-18-39/h4-24,26,28-31H,1,25,27,32H2,2-3H3/q+2. The smallest absolute Gasteiger partial charge is 0.208 e. The van der Waals surface area contributed by atoms with Crippen molar-refractivity contribution in [2.45, 2.75) is 44.1 Å². The van der Waals surface area contributed by atoms with E-state index in [1.165, 1.54) is 33.2 Å². The summed E-state index contributed by atoms with van der Waals surface area (Å²) in [5, 5.41) is 12.3. The molecular formula is C51H40N6+2. The maximum Gasteiger partial charge on any atom is 0.221 e. The van der Waals surface area contributed by atoms with Crippen LogP contribution in [0.25, 0.3) is 73.1 Å². The number of pyridine rings is 2. The minimum atomic E-state index is -0.420. The summed E-state index contributed by atoms with van der Waals surface area (Å²) in [5.74, 6) is 1.91. The summed E-state index contributed by atoms with van der Waals surface area (Å²) in [6.07, 6.45) is 6.80. The van der Waals surface area contributed by atoms with E-state index < -0.39 is 5.54 Å². The predicted molar refractivity (Wildman–Crippen MR) is 225 cm³/mol. The highest BCUT2D eigenvalue weighted by atomic mass is 15.1. The van der Waals surface area contributed by atoms with Gasteiger partial charge in [-0.25, -0.2) is 15.0 Å². The Kier molecular flexibility index (Phi) is 8.02. The van der Waals surface area contributed by atoms with Crippen molar-refractivity contribution in [2.75, 3.05) is 0 Å². The Morgan fingerprint density at radius 1 is 0.649 bits per heavy atom. The molecule has 2 unspecified atom stereocenters. The number of nitriles is 1. The summed E-state index contributed by atoms with van der Waals surface area (Å²) < 4.78 is 4.77. The first-order valence-corrected chi connectivity index (χ1v) is 19.5. The third-order valence-corrected chi connectivity index (χ3v) is 12.6. The van der Waals surface area contributed by atoms with Crippen LogP contribution in [0.15, 0.2) is 165 Å². The molecule has 6 heteroatoms. The Bertz CT molecular complexity index is 2890. The second-order valence-electron chi connectivity index (χ2n) is 15.7. The van der Waals surface area contributed by atoms with Crippen molar-refractivity contribution < 1.29 is 9.13 Å². The average Bonchev–Trinajstić information content (AvgIpc) is 3.27. The van der Waals surface area contributed by atoms with E-state index in [9.17, 15) is 5.26 Å². The molecule has 5 heterocycles. The van der Waals surface area contributed by atoms with Crippen molar-refractivity contribution in [3.63, 3.8) is 0 Å². The third-order valence-electron chi connectivity index (χ3n) is 12.6. The zero-order valence-electron chi connectivity index (χ0n) is 32.0. The topological polar surface area (TPSA) is 70.2 Å². The fourth-order valence-electron chi connectivity index (χ4n) is 9.35. The molecule has 3 aromatic heterocycles. The molecule has 57 heavy (non-hydrogen) atoms. The van der Waals surface area contributed by atoms with Gasteiger partial charge in [-0.2, -0.15) is 14.4 Å². The van der Waals surface area contributed by atoms with Crippen LogP contribution in [0.4, 0.5) is 0 Å². The third kappa shape index (κ3) is 5.50. The van der Waals surface area contributed by atoms with Gasteiger partial charge in [-0.1, -0.05) is 97.1 Å². The van der Waals surface area contributed by atoms with E-state index in [1.807, 2.05) is 72.8 Å². The van der Waals surface area contributed by atoms with Crippen molar-refractivity contribution in [2.24, 2.45) is 0 Å². The van der Waals surface area contributed by atoms with Crippen LogP contribution in [-0.2, 0) is 17.4 Å². The number of hydrogen-bond acceptors (Lipinski definition) is 4. The molecule has 272 valence electrons. The average molecular weight is 737 g/mol. The van der Waals surface area contributed by atoms with Gasteiger partial charge in [0, 0.05) is 41.8 Å². The number of rotatable bonds is 3. The molecule has 2 atom stereocenters. The summed E-state index contributed by atoms with van der Waals surface area (Å²) >= 11 is 0. The second-order valence-corrected chi connectivity index (χ2v) is 15.7. The fraction of sp³-hybridized carbons (Fsp3) is 0.137. The molecule has 10 rings (SSSR count). The summed E-state index contributed by atoms with van der Waals surface area (Å²) in [7, 11) is 0. The number of fused-ring (bicyclic) bond motifs is 11. The summed E-state index contributed by atoms with van der Waals surface area (Å²) in [5.41, 5.74) is 10.6. The minimum absolute atomic E-state index is 0.356. The molecule has 2 aliphatic rings. The molecule has 0 saturated carbocycles. The fourth-order valence-corrected chi connectivity index (χ4v) is 9.35. The lowest BCUT2D eigenvalue weighted by Gasteiger charge is -2.47. The number of nitrogens with zero attached hydrogens (tertiary/aromatic N) is 6. The van der Waals surface area contributed by atoms with Crippen molar-refractivity contribution in [3.05, 3.63) is 181 Å². The van der Waals surface area contributed by atoms with E-state index in [0.29, 0.717) is 29.5 Å². The number of aryl methyl sites for hydroxylation is 1. The van der Waals surface area contributed by atoms with Crippen LogP contribution in [0, 0.1) is 11.3 Å². The quantitative estimate of drug-likeness (QED) is 0.169.